The van der Waals surface area contributed by atoms with Crippen LogP contribution < -0.4 is 5.32 Å². The Morgan fingerprint density at radius 2 is 2.47 bits per heavy atom. The maximum atomic E-state index is 12.0. The fraction of sp³-hybridized carbons (Fsp3) is 0.500. The quantitative estimate of drug-likeness (QED) is 0.817. The Kier molecular flexibility index (Phi) is 4.57. The van der Waals surface area contributed by atoms with Crippen LogP contribution in [0.15, 0.2) is 17.5 Å². The highest BCUT2D eigenvalue weighted by molar-refractivity contribution is 7.12. The van der Waals surface area contributed by atoms with Crippen molar-refractivity contribution in [1.82, 2.24) is 10.2 Å². The molecule has 1 aliphatic heterocycles. The van der Waals surface area contributed by atoms with Crippen molar-refractivity contribution < 1.29 is 4.79 Å². The van der Waals surface area contributed by atoms with Crippen molar-refractivity contribution in [2.75, 3.05) is 19.6 Å². The van der Waals surface area contributed by atoms with E-state index in [1.54, 1.807) is 0 Å². The van der Waals surface area contributed by atoms with Crippen molar-refractivity contribution in [2.45, 2.75) is 13.0 Å². The molecule has 0 spiro atoms. The van der Waals surface area contributed by atoms with Crippen LogP contribution >= 0.6 is 23.7 Å². The van der Waals surface area contributed by atoms with E-state index in [1.807, 2.05) is 22.4 Å². The molecule has 0 saturated carbocycles. The first-order valence-corrected chi connectivity index (χ1v) is 5.72. The van der Waals surface area contributed by atoms with E-state index in [-0.39, 0.29) is 18.3 Å². The lowest BCUT2D eigenvalue weighted by molar-refractivity contribution is 0.0661. The Hall–Kier alpha value is -0.580. The number of carbonyl (C=O) groups excluding carboxylic acids is 1. The number of amides is 1. The predicted molar refractivity (Wildman–Crippen MR) is 64.9 cm³/mol. The maximum absolute atomic E-state index is 12.0. The molecule has 1 N–H and O–H groups in total. The lowest BCUT2D eigenvalue weighted by Gasteiger charge is -2.33. The third-order valence-electron chi connectivity index (χ3n) is 2.49. The molecule has 3 nitrogen and oxygen atoms in total. The summed E-state index contributed by atoms with van der Waals surface area (Å²) in [6.07, 6.45) is 0. The summed E-state index contributed by atoms with van der Waals surface area (Å²) in [4.78, 5) is 14.8. The molecule has 0 unspecified atom stereocenters. The molecule has 2 heterocycles. The zero-order valence-corrected chi connectivity index (χ0v) is 10.2. The first-order chi connectivity index (χ1) is 6.79. The molecule has 1 aromatic heterocycles. The summed E-state index contributed by atoms with van der Waals surface area (Å²) in [5, 5.41) is 5.22. The standard InChI is InChI=1S/C10H14N2OS.ClH/c1-8-7-11-4-5-12(8)10(13)9-3-2-6-14-9;/h2-3,6,8,11H,4-5,7H2,1H3;1H/t8-;/m0./s1. The van der Waals surface area contributed by atoms with Crippen LogP contribution in [0.5, 0.6) is 0 Å². The van der Waals surface area contributed by atoms with Gasteiger partial charge in [-0.3, -0.25) is 4.79 Å². The highest BCUT2D eigenvalue weighted by Crippen LogP contribution is 2.14. The number of halogens is 1. The molecule has 0 aromatic carbocycles. The van der Waals surface area contributed by atoms with Crippen LogP contribution in [0.1, 0.15) is 16.6 Å². The Bertz CT molecular complexity index is 315. The predicted octanol–water partition coefficient (Wildman–Crippen LogP) is 1.60. The van der Waals surface area contributed by atoms with Gasteiger partial charge in [0.25, 0.3) is 5.91 Å². The van der Waals surface area contributed by atoms with Crippen LogP contribution in [0.25, 0.3) is 0 Å². The van der Waals surface area contributed by atoms with E-state index in [1.165, 1.54) is 11.3 Å². The molecule has 1 saturated heterocycles. The molecule has 0 radical (unpaired) electrons. The van der Waals surface area contributed by atoms with Gasteiger partial charge in [0.1, 0.15) is 0 Å². The summed E-state index contributed by atoms with van der Waals surface area (Å²) in [7, 11) is 0. The number of piperazine rings is 1. The summed E-state index contributed by atoms with van der Waals surface area (Å²) in [5.74, 6) is 0.175. The Labute approximate surface area is 99.9 Å². The Balaban J connectivity index is 0.00000112. The monoisotopic (exact) mass is 246 g/mol. The van der Waals surface area contributed by atoms with E-state index >= 15 is 0 Å². The number of thiophene rings is 1. The zero-order chi connectivity index (χ0) is 9.97. The van der Waals surface area contributed by atoms with E-state index in [0.29, 0.717) is 6.04 Å². The fourth-order valence-electron chi connectivity index (χ4n) is 1.68. The van der Waals surface area contributed by atoms with E-state index in [9.17, 15) is 4.79 Å². The highest BCUT2D eigenvalue weighted by Gasteiger charge is 2.24. The normalized spacial score (nSPS) is 20.9. The minimum Gasteiger partial charge on any atom is -0.333 e. The van der Waals surface area contributed by atoms with Crippen LogP contribution in [0.4, 0.5) is 0 Å². The SMILES string of the molecule is C[C@H]1CNCCN1C(=O)c1cccs1.Cl. The number of hydrogen-bond acceptors (Lipinski definition) is 3. The average molecular weight is 247 g/mol. The zero-order valence-electron chi connectivity index (χ0n) is 8.60. The van der Waals surface area contributed by atoms with Gasteiger partial charge in [0.15, 0.2) is 0 Å². The minimum absolute atomic E-state index is 0. The van der Waals surface area contributed by atoms with Gasteiger partial charge in [-0.1, -0.05) is 6.07 Å². The van der Waals surface area contributed by atoms with Gasteiger partial charge in [-0.25, -0.2) is 0 Å². The van der Waals surface area contributed by atoms with E-state index in [4.69, 9.17) is 0 Å². The Morgan fingerprint density at radius 3 is 3.07 bits per heavy atom. The molecule has 1 atom stereocenters. The molecule has 1 amide bonds. The second kappa shape index (κ2) is 5.49. The van der Waals surface area contributed by atoms with Crippen molar-refractivity contribution in [3.05, 3.63) is 22.4 Å². The number of carbonyl (C=O) groups is 1. The van der Waals surface area contributed by atoms with Gasteiger partial charge in [0.2, 0.25) is 0 Å². The molecule has 15 heavy (non-hydrogen) atoms. The van der Waals surface area contributed by atoms with Gasteiger partial charge in [0, 0.05) is 25.7 Å². The van der Waals surface area contributed by atoms with Gasteiger partial charge >= 0.3 is 0 Å². The molecule has 0 aliphatic carbocycles. The Morgan fingerprint density at radius 1 is 1.67 bits per heavy atom. The summed E-state index contributed by atoms with van der Waals surface area (Å²) in [6.45, 7) is 4.70. The van der Waals surface area contributed by atoms with Gasteiger partial charge in [-0.2, -0.15) is 0 Å². The van der Waals surface area contributed by atoms with Crippen LogP contribution in [0.2, 0.25) is 0 Å². The number of hydrogen-bond donors (Lipinski definition) is 1. The van der Waals surface area contributed by atoms with Crippen LogP contribution in [0.3, 0.4) is 0 Å². The van der Waals surface area contributed by atoms with Crippen LogP contribution in [-0.4, -0.2) is 36.5 Å². The molecular formula is C10H15ClN2OS. The molecular weight excluding hydrogens is 232 g/mol. The second-order valence-corrected chi connectivity index (χ2v) is 4.48. The summed E-state index contributed by atoms with van der Waals surface area (Å²) in [6, 6.07) is 4.12. The van der Waals surface area contributed by atoms with Gasteiger partial charge in [0.05, 0.1) is 4.88 Å². The molecule has 2 rings (SSSR count). The third kappa shape index (κ3) is 2.71. The third-order valence-corrected chi connectivity index (χ3v) is 3.35. The second-order valence-electron chi connectivity index (χ2n) is 3.53. The first kappa shape index (κ1) is 12.5. The van der Waals surface area contributed by atoms with Gasteiger partial charge in [-0.15, -0.1) is 23.7 Å². The summed E-state index contributed by atoms with van der Waals surface area (Å²) < 4.78 is 0. The molecule has 1 fully saturated rings. The van der Waals surface area contributed by atoms with Gasteiger partial charge in [-0.05, 0) is 18.4 Å². The number of nitrogens with one attached hydrogen (secondary N) is 1. The highest BCUT2D eigenvalue weighted by atomic mass is 35.5. The van der Waals surface area contributed by atoms with Crippen molar-refractivity contribution >= 4 is 29.7 Å². The average Bonchev–Trinajstić information content (AvgIpc) is 2.70. The molecule has 0 bridgehead atoms. The lowest BCUT2D eigenvalue weighted by Crippen LogP contribution is -2.52. The molecule has 84 valence electrons. The lowest BCUT2D eigenvalue weighted by atomic mass is 10.2. The smallest absolute Gasteiger partial charge is 0.264 e. The summed E-state index contributed by atoms with van der Waals surface area (Å²) in [5.41, 5.74) is 0. The topological polar surface area (TPSA) is 32.3 Å². The van der Waals surface area contributed by atoms with Crippen molar-refractivity contribution in [1.29, 1.82) is 0 Å². The van der Waals surface area contributed by atoms with Crippen molar-refractivity contribution in [2.24, 2.45) is 0 Å². The van der Waals surface area contributed by atoms with Crippen molar-refractivity contribution in [3.8, 4) is 0 Å². The molecule has 5 heteroatoms. The van der Waals surface area contributed by atoms with Crippen LogP contribution in [0, 0.1) is 0 Å². The molecule has 1 aromatic rings. The maximum Gasteiger partial charge on any atom is 0.264 e. The first-order valence-electron chi connectivity index (χ1n) is 4.84. The minimum atomic E-state index is 0. The van der Waals surface area contributed by atoms with E-state index in [2.05, 4.69) is 12.2 Å². The largest absolute Gasteiger partial charge is 0.333 e. The fourth-order valence-corrected chi connectivity index (χ4v) is 2.36. The number of rotatable bonds is 1. The summed E-state index contributed by atoms with van der Waals surface area (Å²) >= 11 is 1.52. The molecule has 1 aliphatic rings. The van der Waals surface area contributed by atoms with E-state index < -0.39 is 0 Å². The number of nitrogens with zero attached hydrogens (tertiary/aromatic N) is 1. The van der Waals surface area contributed by atoms with E-state index in [0.717, 1.165) is 24.5 Å². The van der Waals surface area contributed by atoms with Gasteiger partial charge < -0.3 is 10.2 Å². The van der Waals surface area contributed by atoms with Crippen LogP contribution in [-0.2, 0) is 0 Å². The van der Waals surface area contributed by atoms with Crippen molar-refractivity contribution in [3.63, 3.8) is 0 Å².